The number of nitrogens with one attached hydrogen (secondary N) is 1. The van der Waals surface area contributed by atoms with Gasteiger partial charge in [0.1, 0.15) is 0 Å². The molecule has 1 N–H and O–H groups in total. The highest BCUT2D eigenvalue weighted by Gasteiger charge is 2.30. The monoisotopic (exact) mass is 372 g/mol. The maximum Gasteiger partial charge on any atom is 0.338 e. The molecular weight excluding hydrogens is 356 g/mol. The Kier molecular flexibility index (Phi) is 5.43. The number of rotatable bonds is 6. The lowest BCUT2D eigenvalue weighted by Gasteiger charge is -2.14. The number of ether oxygens (including phenoxy) is 1. The second-order valence-electron chi connectivity index (χ2n) is 5.61. The predicted molar refractivity (Wildman–Crippen MR) is 94.6 cm³/mol. The summed E-state index contributed by atoms with van der Waals surface area (Å²) < 4.78 is 5.00. The van der Waals surface area contributed by atoms with Gasteiger partial charge in [-0.1, -0.05) is 12.1 Å². The van der Waals surface area contributed by atoms with Gasteiger partial charge in [0.15, 0.2) is 6.61 Å². The normalized spacial score (nSPS) is 13.8. The molecule has 1 aromatic carbocycles. The maximum absolute atomic E-state index is 12.1. The number of benzene rings is 1. The molecule has 1 aromatic heterocycles. The van der Waals surface area contributed by atoms with E-state index in [2.05, 4.69) is 5.32 Å². The highest BCUT2D eigenvalue weighted by atomic mass is 32.1. The third-order valence-electron chi connectivity index (χ3n) is 3.77. The van der Waals surface area contributed by atoms with Crippen molar-refractivity contribution in [1.29, 1.82) is 0 Å². The summed E-state index contributed by atoms with van der Waals surface area (Å²) in [6.45, 7) is -0.0290. The molecule has 26 heavy (non-hydrogen) atoms. The molecule has 0 aliphatic carbocycles. The van der Waals surface area contributed by atoms with Crippen LogP contribution in [0.4, 0.5) is 5.69 Å². The first-order valence-corrected chi connectivity index (χ1v) is 8.84. The van der Waals surface area contributed by atoms with Gasteiger partial charge in [-0.3, -0.25) is 19.3 Å². The van der Waals surface area contributed by atoms with Gasteiger partial charge >= 0.3 is 5.97 Å². The minimum Gasteiger partial charge on any atom is -0.452 e. The van der Waals surface area contributed by atoms with Crippen LogP contribution in [0.2, 0.25) is 0 Å². The average molecular weight is 372 g/mol. The lowest BCUT2D eigenvalue weighted by Crippen LogP contribution is -2.29. The number of esters is 1. The second-order valence-corrected chi connectivity index (χ2v) is 6.64. The van der Waals surface area contributed by atoms with Crippen molar-refractivity contribution in [3.8, 4) is 0 Å². The fourth-order valence-corrected chi connectivity index (χ4v) is 3.15. The zero-order valence-electron chi connectivity index (χ0n) is 13.8. The number of anilines is 1. The molecule has 2 heterocycles. The van der Waals surface area contributed by atoms with E-state index >= 15 is 0 Å². The molecule has 2 aromatic rings. The van der Waals surface area contributed by atoms with Crippen LogP contribution in [0, 0.1) is 0 Å². The number of hydrogen-bond donors (Lipinski definition) is 1. The van der Waals surface area contributed by atoms with Crippen molar-refractivity contribution in [2.75, 3.05) is 11.5 Å². The topological polar surface area (TPSA) is 92.8 Å². The number of carbonyl (C=O) groups excluding carboxylic acids is 4. The van der Waals surface area contributed by atoms with Crippen LogP contribution < -0.4 is 10.2 Å². The van der Waals surface area contributed by atoms with Crippen molar-refractivity contribution in [3.63, 3.8) is 0 Å². The van der Waals surface area contributed by atoms with Gasteiger partial charge in [0.05, 0.1) is 17.8 Å². The van der Waals surface area contributed by atoms with Gasteiger partial charge in [0, 0.05) is 17.7 Å². The third-order valence-corrected chi connectivity index (χ3v) is 4.64. The fourth-order valence-electron chi connectivity index (χ4n) is 2.50. The summed E-state index contributed by atoms with van der Waals surface area (Å²) in [5, 5.41) is 4.56. The van der Waals surface area contributed by atoms with Crippen molar-refractivity contribution in [2.45, 2.75) is 19.4 Å². The average Bonchev–Trinajstić information content (AvgIpc) is 3.27. The molecule has 0 saturated carbocycles. The molecule has 8 heteroatoms. The van der Waals surface area contributed by atoms with E-state index in [-0.39, 0.29) is 30.2 Å². The Balaban J connectivity index is 1.56. The summed E-state index contributed by atoms with van der Waals surface area (Å²) >= 11 is 1.52. The van der Waals surface area contributed by atoms with Crippen LogP contribution >= 0.6 is 11.3 Å². The quantitative estimate of drug-likeness (QED) is 0.617. The molecule has 134 valence electrons. The molecule has 0 spiro atoms. The van der Waals surface area contributed by atoms with Crippen molar-refractivity contribution in [2.24, 2.45) is 0 Å². The smallest absolute Gasteiger partial charge is 0.338 e. The molecule has 1 fully saturated rings. The molecular formula is C18H16N2O5S. The molecule has 0 atom stereocenters. The number of hydrogen-bond acceptors (Lipinski definition) is 6. The molecule has 7 nitrogen and oxygen atoms in total. The van der Waals surface area contributed by atoms with Crippen LogP contribution in [0.5, 0.6) is 0 Å². The van der Waals surface area contributed by atoms with E-state index in [0.717, 1.165) is 9.78 Å². The summed E-state index contributed by atoms with van der Waals surface area (Å²) in [6.07, 6.45) is 0.329. The number of imide groups is 1. The summed E-state index contributed by atoms with van der Waals surface area (Å²) in [4.78, 5) is 49.5. The Bertz CT molecular complexity index is 831. The standard InChI is InChI=1S/C18H16N2O5S/c21-15(19-10-14-5-2-8-26-14)11-25-18(24)12-3-1-4-13(9-12)20-16(22)6-7-17(20)23/h1-5,8-9H,6-7,10-11H2,(H,19,21). The largest absolute Gasteiger partial charge is 0.452 e. The molecule has 0 unspecified atom stereocenters. The Morgan fingerprint density at radius 1 is 1.12 bits per heavy atom. The molecule has 3 amide bonds. The Hall–Kier alpha value is -3.00. The maximum atomic E-state index is 12.1. The lowest BCUT2D eigenvalue weighted by atomic mass is 10.2. The molecule has 3 rings (SSSR count). The molecule has 1 aliphatic heterocycles. The number of thiophene rings is 1. The van der Waals surface area contributed by atoms with E-state index in [4.69, 9.17) is 4.74 Å². The van der Waals surface area contributed by atoms with Crippen LogP contribution in [-0.2, 0) is 25.7 Å². The lowest BCUT2D eigenvalue weighted by molar-refractivity contribution is -0.124. The van der Waals surface area contributed by atoms with E-state index in [1.807, 2.05) is 17.5 Å². The molecule has 1 saturated heterocycles. The van der Waals surface area contributed by atoms with E-state index in [9.17, 15) is 19.2 Å². The van der Waals surface area contributed by atoms with Crippen LogP contribution in [-0.4, -0.2) is 30.3 Å². The summed E-state index contributed by atoms with van der Waals surface area (Å²) in [5.41, 5.74) is 0.496. The summed E-state index contributed by atoms with van der Waals surface area (Å²) in [6, 6.07) is 9.82. The van der Waals surface area contributed by atoms with Gasteiger partial charge in [-0.05, 0) is 29.6 Å². The first-order valence-electron chi connectivity index (χ1n) is 7.96. The highest BCUT2D eigenvalue weighted by Crippen LogP contribution is 2.23. The summed E-state index contributed by atoms with van der Waals surface area (Å²) in [7, 11) is 0. The van der Waals surface area contributed by atoms with Gasteiger partial charge in [-0.25, -0.2) is 4.79 Å². The Morgan fingerprint density at radius 3 is 2.58 bits per heavy atom. The van der Waals surface area contributed by atoms with E-state index < -0.39 is 18.5 Å². The fraction of sp³-hybridized carbons (Fsp3) is 0.222. The number of nitrogens with zero attached hydrogens (tertiary/aromatic N) is 1. The Labute approximate surface area is 153 Å². The number of amides is 3. The van der Waals surface area contributed by atoms with Crippen molar-refractivity contribution in [1.82, 2.24) is 5.32 Å². The SMILES string of the molecule is O=C(COC(=O)c1cccc(N2C(=O)CCC2=O)c1)NCc1cccs1. The van der Waals surface area contributed by atoms with E-state index in [1.165, 1.54) is 23.5 Å². The van der Waals surface area contributed by atoms with Gasteiger partial charge in [-0.2, -0.15) is 0 Å². The third kappa shape index (κ3) is 4.15. The zero-order valence-corrected chi connectivity index (χ0v) is 14.6. The first-order chi connectivity index (χ1) is 12.5. The van der Waals surface area contributed by atoms with Gasteiger partial charge in [0.2, 0.25) is 11.8 Å². The van der Waals surface area contributed by atoms with Crippen LogP contribution in [0.15, 0.2) is 41.8 Å². The molecule has 0 radical (unpaired) electrons. The minimum absolute atomic E-state index is 0.165. The van der Waals surface area contributed by atoms with Gasteiger partial charge in [-0.15, -0.1) is 11.3 Å². The molecule has 1 aliphatic rings. The predicted octanol–water partition coefficient (Wildman–Crippen LogP) is 1.87. The van der Waals surface area contributed by atoms with Gasteiger partial charge in [0.25, 0.3) is 5.91 Å². The Morgan fingerprint density at radius 2 is 1.88 bits per heavy atom. The van der Waals surface area contributed by atoms with Crippen molar-refractivity contribution >= 4 is 40.7 Å². The van der Waals surface area contributed by atoms with Gasteiger partial charge < -0.3 is 10.1 Å². The van der Waals surface area contributed by atoms with Crippen molar-refractivity contribution in [3.05, 3.63) is 52.2 Å². The first kappa shape index (κ1) is 17.8. The summed E-state index contributed by atoms with van der Waals surface area (Å²) in [5.74, 6) is -1.70. The van der Waals surface area contributed by atoms with E-state index in [0.29, 0.717) is 12.2 Å². The second kappa shape index (κ2) is 7.92. The minimum atomic E-state index is -0.697. The van der Waals surface area contributed by atoms with Crippen LogP contribution in [0.1, 0.15) is 28.1 Å². The van der Waals surface area contributed by atoms with Crippen molar-refractivity contribution < 1.29 is 23.9 Å². The van der Waals surface area contributed by atoms with Crippen LogP contribution in [0.3, 0.4) is 0 Å². The highest BCUT2D eigenvalue weighted by molar-refractivity contribution is 7.09. The molecule has 0 bridgehead atoms. The zero-order chi connectivity index (χ0) is 18.5. The number of carbonyl (C=O) groups is 4. The van der Waals surface area contributed by atoms with Crippen LogP contribution in [0.25, 0.3) is 0 Å². The van der Waals surface area contributed by atoms with E-state index in [1.54, 1.807) is 12.1 Å².